The minimum atomic E-state index is -0.552. The quantitative estimate of drug-likeness (QED) is 0.496. The normalized spacial score (nSPS) is 22.7. The van der Waals surface area contributed by atoms with Crippen molar-refractivity contribution in [3.63, 3.8) is 0 Å². The van der Waals surface area contributed by atoms with E-state index in [9.17, 15) is 14.3 Å². The van der Waals surface area contributed by atoms with Crippen LogP contribution in [0.1, 0.15) is 30.1 Å². The number of nitrogens with zero attached hydrogens (tertiary/aromatic N) is 4. The molecule has 3 aromatic heterocycles. The summed E-state index contributed by atoms with van der Waals surface area (Å²) in [5.41, 5.74) is 2.51. The Morgan fingerprint density at radius 2 is 1.92 bits per heavy atom. The topological polar surface area (TPSA) is 102 Å². The molecule has 1 saturated heterocycles. The number of hydrogen-bond donors (Lipinski definition) is 2. The second-order valence-electron chi connectivity index (χ2n) is 9.47. The molecule has 6 rings (SSSR count). The number of β-amino-alcohol motifs (C(OH)–C–C–N with tert-alkyl or cyclic N) is 1. The Hall–Kier alpha value is -2.50. The van der Waals surface area contributed by atoms with Gasteiger partial charge in [0.25, 0.3) is 5.56 Å². The van der Waals surface area contributed by atoms with Crippen molar-refractivity contribution in [3.05, 3.63) is 58.0 Å². The molecule has 3 aromatic rings. The number of nitrogens with one attached hydrogen (secondary N) is 1. The third kappa shape index (κ3) is 5.39. The molecule has 6 heterocycles. The Morgan fingerprint density at radius 3 is 2.73 bits per heavy atom. The van der Waals surface area contributed by atoms with Crippen molar-refractivity contribution in [2.75, 3.05) is 32.8 Å². The van der Waals surface area contributed by atoms with Crippen LogP contribution in [-0.4, -0.2) is 69.5 Å². The summed E-state index contributed by atoms with van der Waals surface area (Å²) < 4.78 is 27.2. The van der Waals surface area contributed by atoms with E-state index >= 15 is 0 Å². The zero-order valence-corrected chi connectivity index (χ0v) is 21.8. The highest BCUT2D eigenvalue weighted by molar-refractivity contribution is 5.85. The highest BCUT2D eigenvalue weighted by atomic mass is 35.5. The van der Waals surface area contributed by atoms with Crippen molar-refractivity contribution in [1.29, 1.82) is 0 Å². The van der Waals surface area contributed by atoms with E-state index in [0.29, 0.717) is 73.8 Å². The molecule has 0 radical (unpaired) electrons. The van der Waals surface area contributed by atoms with Crippen molar-refractivity contribution in [2.45, 2.75) is 44.0 Å². The first-order valence-corrected chi connectivity index (χ1v) is 12.1. The van der Waals surface area contributed by atoms with Gasteiger partial charge in [-0.2, -0.15) is 0 Å². The third-order valence-corrected chi connectivity index (χ3v) is 7.26. The number of hydrogen-bond acceptors (Lipinski definition) is 8. The molecule has 1 unspecified atom stereocenters. The Kier molecular flexibility index (Phi) is 8.55. The Balaban J connectivity index is 0.00000160. The molecule has 0 saturated carbocycles. The predicted molar refractivity (Wildman–Crippen MR) is 141 cm³/mol. The van der Waals surface area contributed by atoms with E-state index in [1.165, 1.54) is 12.3 Å². The molecule has 200 valence electrons. The zero-order valence-electron chi connectivity index (χ0n) is 20.1. The fourth-order valence-corrected chi connectivity index (χ4v) is 5.50. The second kappa shape index (κ2) is 11.5. The van der Waals surface area contributed by atoms with Crippen LogP contribution >= 0.6 is 24.8 Å². The summed E-state index contributed by atoms with van der Waals surface area (Å²) in [5.74, 6) is 1.00. The molecular formula is C25H30Cl2FN5O4. The van der Waals surface area contributed by atoms with E-state index in [-0.39, 0.29) is 48.3 Å². The lowest BCUT2D eigenvalue weighted by molar-refractivity contribution is 0.0331. The first-order valence-electron chi connectivity index (χ1n) is 12.1. The van der Waals surface area contributed by atoms with Crippen molar-refractivity contribution < 1.29 is 19.0 Å². The molecule has 1 fully saturated rings. The van der Waals surface area contributed by atoms with Gasteiger partial charge in [-0.05, 0) is 31.9 Å². The highest BCUT2D eigenvalue weighted by Crippen LogP contribution is 2.31. The molecule has 9 nitrogen and oxygen atoms in total. The van der Waals surface area contributed by atoms with Crippen LogP contribution in [0.25, 0.3) is 11.0 Å². The average molecular weight is 554 g/mol. The molecule has 0 amide bonds. The lowest BCUT2D eigenvalue weighted by Crippen LogP contribution is -2.53. The van der Waals surface area contributed by atoms with Gasteiger partial charge in [-0.25, -0.2) is 4.39 Å². The molecule has 3 atom stereocenters. The molecule has 37 heavy (non-hydrogen) atoms. The van der Waals surface area contributed by atoms with Gasteiger partial charge in [0.05, 0.1) is 41.3 Å². The van der Waals surface area contributed by atoms with E-state index in [1.807, 2.05) is 6.07 Å². The number of ether oxygens (including phenoxy) is 2. The van der Waals surface area contributed by atoms with Crippen LogP contribution in [0.3, 0.4) is 0 Å². The maximum absolute atomic E-state index is 14.4. The Labute approximate surface area is 225 Å². The number of aryl methyl sites for hydroxylation is 1. The smallest absolute Gasteiger partial charge is 0.251 e. The van der Waals surface area contributed by atoms with Gasteiger partial charge in [-0.15, -0.1) is 24.8 Å². The van der Waals surface area contributed by atoms with Crippen LogP contribution < -0.4 is 20.3 Å². The number of likely N-dealkylation sites (tertiary alicyclic amines) is 1. The Bertz CT molecular complexity index is 1330. The number of halogens is 3. The number of aliphatic hydroxyl groups excluding tert-OH is 1. The van der Waals surface area contributed by atoms with Gasteiger partial charge >= 0.3 is 0 Å². The van der Waals surface area contributed by atoms with Gasteiger partial charge in [0, 0.05) is 43.4 Å². The minimum absolute atomic E-state index is 0. The third-order valence-electron chi connectivity index (χ3n) is 7.26. The number of pyridine rings is 3. The van der Waals surface area contributed by atoms with Gasteiger partial charge in [0.15, 0.2) is 11.5 Å². The summed E-state index contributed by atoms with van der Waals surface area (Å²) >= 11 is 0. The standard InChI is InChI=1S/C25H28FN5O4.2ClH/c26-18-11-29-20-3-4-24(33)31-16(1-2-17(18)25(20)31)13-30-6-5-19(21(32)14-30)28-10-15-9-22-23(12-27-15)35-8-7-34-22;;/h3-4,9,11-12,16,19,21,28,32H,1-2,5-8,10,13-14H2;2*1H/t16?,19-,21+;;/m0../s1. The van der Waals surface area contributed by atoms with Gasteiger partial charge in [-0.3, -0.25) is 19.7 Å². The molecule has 3 aliphatic heterocycles. The molecule has 2 N–H and O–H groups in total. The summed E-state index contributed by atoms with van der Waals surface area (Å²) in [5, 5.41) is 14.3. The minimum Gasteiger partial charge on any atom is -0.486 e. The van der Waals surface area contributed by atoms with Crippen LogP contribution in [-0.2, 0) is 13.0 Å². The van der Waals surface area contributed by atoms with E-state index in [0.717, 1.165) is 18.7 Å². The van der Waals surface area contributed by atoms with E-state index in [1.54, 1.807) is 16.8 Å². The average Bonchev–Trinajstić information content (AvgIpc) is 2.87. The van der Waals surface area contributed by atoms with Gasteiger partial charge in [-0.1, -0.05) is 0 Å². The maximum Gasteiger partial charge on any atom is 0.251 e. The van der Waals surface area contributed by atoms with Crippen molar-refractivity contribution in [1.82, 2.24) is 24.8 Å². The van der Waals surface area contributed by atoms with E-state index in [4.69, 9.17) is 9.47 Å². The summed E-state index contributed by atoms with van der Waals surface area (Å²) in [7, 11) is 0. The molecular weight excluding hydrogens is 524 g/mol. The van der Waals surface area contributed by atoms with Gasteiger partial charge in [0.2, 0.25) is 0 Å². The lowest BCUT2D eigenvalue weighted by atomic mass is 9.96. The largest absolute Gasteiger partial charge is 0.486 e. The van der Waals surface area contributed by atoms with Crippen molar-refractivity contribution in [3.8, 4) is 11.5 Å². The van der Waals surface area contributed by atoms with Crippen LogP contribution in [0.15, 0.2) is 35.4 Å². The fourth-order valence-electron chi connectivity index (χ4n) is 5.50. The molecule has 12 heteroatoms. The molecule has 0 bridgehead atoms. The number of rotatable bonds is 5. The van der Waals surface area contributed by atoms with Crippen molar-refractivity contribution >= 4 is 35.8 Å². The molecule has 0 aliphatic carbocycles. The van der Waals surface area contributed by atoms with Gasteiger partial charge in [0.1, 0.15) is 19.0 Å². The summed E-state index contributed by atoms with van der Waals surface area (Å²) in [6.45, 7) is 3.50. The summed E-state index contributed by atoms with van der Waals surface area (Å²) in [6.07, 6.45) is 4.38. The molecule has 0 spiro atoms. The van der Waals surface area contributed by atoms with Crippen molar-refractivity contribution in [2.24, 2.45) is 0 Å². The molecule has 3 aliphatic rings. The maximum atomic E-state index is 14.4. The number of piperidine rings is 1. The SMILES string of the molecule is Cl.Cl.O=c1ccc2ncc(F)c3c2n1C(CN1CC[C@H](NCc2cc4c(cn2)OCCO4)[C@H](O)C1)CC3. The fraction of sp³-hybridized carbons (Fsp3) is 0.480. The van der Waals surface area contributed by atoms with Gasteiger partial charge < -0.3 is 24.5 Å². The monoisotopic (exact) mass is 553 g/mol. The van der Waals surface area contributed by atoms with E-state index in [2.05, 4.69) is 20.2 Å². The Morgan fingerprint density at radius 1 is 1.11 bits per heavy atom. The number of aliphatic hydroxyl groups is 1. The first-order chi connectivity index (χ1) is 17.1. The van der Waals surface area contributed by atoms with Crippen LogP contribution in [0.4, 0.5) is 4.39 Å². The second-order valence-corrected chi connectivity index (χ2v) is 9.47. The molecule has 0 aromatic carbocycles. The summed E-state index contributed by atoms with van der Waals surface area (Å²) in [4.78, 5) is 23.5. The number of aromatic nitrogens is 3. The van der Waals surface area contributed by atoms with E-state index < -0.39 is 6.10 Å². The van der Waals surface area contributed by atoms with Crippen LogP contribution in [0, 0.1) is 5.82 Å². The summed E-state index contributed by atoms with van der Waals surface area (Å²) in [6, 6.07) is 4.90. The van der Waals surface area contributed by atoms with Crippen LogP contribution in [0.2, 0.25) is 0 Å². The predicted octanol–water partition coefficient (Wildman–Crippen LogP) is 2.26. The zero-order chi connectivity index (χ0) is 23.9. The first kappa shape index (κ1) is 27.5. The lowest BCUT2D eigenvalue weighted by Gasteiger charge is -2.39. The highest BCUT2D eigenvalue weighted by Gasteiger charge is 2.31. The van der Waals surface area contributed by atoms with Crippen LogP contribution in [0.5, 0.6) is 11.5 Å². The number of fused-ring (bicyclic) bond motifs is 1.